The summed E-state index contributed by atoms with van der Waals surface area (Å²) in [7, 11) is 1.56. The number of hydrogen-bond donors (Lipinski definition) is 1. The number of aromatic nitrogens is 4. The third-order valence-corrected chi connectivity index (χ3v) is 4.91. The number of carbonyl (C=O) groups is 1. The van der Waals surface area contributed by atoms with Crippen LogP contribution in [-0.2, 0) is 6.54 Å². The van der Waals surface area contributed by atoms with Crippen LogP contribution >= 0.6 is 0 Å². The van der Waals surface area contributed by atoms with Gasteiger partial charge in [0.15, 0.2) is 0 Å². The number of pyridine rings is 2. The van der Waals surface area contributed by atoms with Gasteiger partial charge in [0.1, 0.15) is 23.6 Å². The van der Waals surface area contributed by atoms with E-state index in [-0.39, 0.29) is 5.91 Å². The van der Waals surface area contributed by atoms with Gasteiger partial charge in [0, 0.05) is 48.4 Å². The first-order valence-electron chi connectivity index (χ1n) is 10.0. The molecule has 32 heavy (non-hydrogen) atoms. The Kier molecular flexibility index (Phi) is 6.12. The number of nitrogens with one attached hydrogen (secondary N) is 1. The zero-order chi connectivity index (χ0) is 22.5. The van der Waals surface area contributed by atoms with Gasteiger partial charge in [0.05, 0.1) is 12.8 Å². The maximum Gasteiger partial charge on any atom is 0.251 e. The van der Waals surface area contributed by atoms with Crippen LogP contribution < -0.4 is 14.8 Å². The molecule has 3 heterocycles. The molecule has 162 valence electrons. The van der Waals surface area contributed by atoms with Crippen molar-refractivity contribution in [2.24, 2.45) is 0 Å². The quantitative estimate of drug-likeness (QED) is 0.477. The Hall–Kier alpha value is -4.20. The zero-order valence-corrected chi connectivity index (χ0v) is 18.1. The molecule has 0 unspecified atom stereocenters. The molecule has 0 spiro atoms. The van der Waals surface area contributed by atoms with Crippen molar-refractivity contribution < 1.29 is 14.3 Å². The molecule has 8 nitrogen and oxygen atoms in total. The Labute approximate surface area is 185 Å². The van der Waals surface area contributed by atoms with E-state index in [1.807, 2.05) is 42.8 Å². The van der Waals surface area contributed by atoms with Gasteiger partial charge in [-0.3, -0.25) is 9.36 Å². The molecule has 0 aliphatic carbocycles. The molecule has 0 atom stereocenters. The second-order valence-corrected chi connectivity index (χ2v) is 7.19. The van der Waals surface area contributed by atoms with E-state index in [0.29, 0.717) is 35.3 Å². The molecule has 0 bridgehead atoms. The molecular formula is C24H23N5O3. The fraction of sp³-hybridized carbons (Fsp3) is 0.167. The lowest BCUT2D eigenvalue weighted by molar-refractivity contribution is 0.0950. The van der Waals surface area contributed by atoms with Crippen LogP contribution in [0.3, 0.4) is 0 Å². The highest BCUT2D eigenvalue weighted by Gasteiger charge is 2.13. The lowest BCUT2D eigenvalue weighted by Gasteiger charge is -2.13. The van der Waals surface area contributed by atoms with E-state index < -0.39 is 0 Å². The highest BCUT2D eigenvalue weighted by Crippen LogP contribution is 2.28. The Morgan fingerprint density at radius 2 is 1.97 bits per heavy atom. The molecule has 8 heteroatoms. The van der Waals surface area contributed by atoms with Gasteiger partial charge in [-0.2, -0.15) is 0 Å². The molecule has 0 fully saturated rings. The second-order valence-electron chi connectivity index (χ2n) is 7.19. The lowest BCUT2D eigenvalue weighted by atomic mass is 10.1. The van der Waals surface area contributed by atoms with E-state index in [1.54, 1.807) is 50.1 Å². The topological polar surface area (TPSA) is 91.2 Å². The fourth-order valence-electron chi connectivity index (χ4n) is 3.16. The van der Waals surface area contributed by atoms with Crippen molar-refractivity contribution in [1.82, 2.24) is 24.8 Å². The summed E-state index contributed by atoms with van der Waals surface area (Å²) in [5, 5.41) is 2.92. The minimum absolute atomic E-state index is 0.187. The first kappa shape index (κ1) is 21.0. The molecule has 1 aromatic carbocycles. The number of rotatable bonds is 7. The minimum atomic E-state index is -0.187. The fourth-order valence-corrected chi connectivity index (χ4v) is 3.16. The average Bonchev–Trinajstić information content (AvgIpc) is 3.26. The van der Waals surface area contributed by atoms with Crippen LogP contribution in [0, 0.1) is 13.8 Å². The Morgan fingerprint density at radius 1 is 1.09 bits per heavy atom. The van der Waals surface area contributed by atoms with Crippen molar-refractivity contribution in [1.29, 1.82) is 0 Å². The Morgan fingerprint density at radius 3 is 2.69 bits per heavy atom. The van der Waals surface area contributed by atoms with Crippen LogP contribution in [0.4, 0.5) is 0 Å². The Balaban J connectivity index is 1.48. The van der Waals surface area contributed by atoms with E-state index in [2.05, 4.69) is 20.3 Å². The number of aryl methyl sites for hydroxylation is 1. The predicted octanol–water partition coefficient (Wildman–Crippen LogP) is 4.01. The molecule has 0 aliphatic rings. The molecular weight excluding hydrogens is 406 g/mol. The first-order chi connectivity index (χ1) is 15.5. The van der Waals surface area contributed by atoms with Crippen LogP contribution in [0.15, 0.2) is 67.4 Å². The molecule has 0 aliphatic heterocycles. The van der Waals surface area contributed by atoms with Crippen molar-refractivity contribution in [2.75, 3.05) is 7.11 Å². The van der Waals surface area contributed by atoms with Gasteiger partial charge < -0.3 is 14.8 Å². The van der Waals surface area contributed by atoms with E-state index in [1.165, 1.54) is 0 Å². The van der Waals surface area contributed by atoms with Crippen LogP contribution in [0.5, 0.6) is 17.4 Å². The smallest absolute Gasteiger partial charge is 0.251 e. The number of hydrogen-bond acceptors (Lipinski definition) is 6. The number of ether oxygens (including phenoxy) is 2. The summed E-state index contributed by atoms with van der Waals surface area (Å²) in [6.07, 6.45) is 6.94. The number of imidazole rings is 1. The van der Waals surface area contributed by atoms with Gasteiger partial charge in [-0.25, -0.2) is 15.0 Å². The second kappa shape index (κ2) is 9.30. The predicted molar refractivity (Wildman–Crippen MR) is 119 cm³/mol. The van der Waals surface area contributed by atoms with Gasteiger partial charge in [0.2, 0.25) is 5.88 Å². The third kappa shape index (κ3) is 4.75. The van der Waals surface area contributed by atoms with Gasteiger partial charge in [0.25, 0.3) is 5.91 Å². The van der Waals surface area contributed by atoms with Gasteiger partial charge >= 0.3 is 0 Å². The number of benzene rings is 1. The SMILES string of the molecule is COc1ccc(CNC(=O)c2cccc(Oc3ccnc(-n4cnc(C)c4)c3)c2C)cn1. The molecule has 0 radical (unpaired) electrons. The standard InChI is InChI=1S/C24H23N5O3/c1-16-14-29(15-28-16)22-11-19(9-10-25-22)32-21-6-4-5-20(17(21)2)24(30)27-13-18-7-8-23(31-3)26-12-18/h4-12,14-15H,13H2,1-3H3,(H,27,30). The normalized spacial score (nSPS) is 10.6. The highest BCUT2D eigenvalue weighted by atomic mass is 16.5. The summed E-state index contributed by atoms with van der Waals surface area (Å²) in [6, 6.07) is 12.6. The average molecular weight is 429 g/mol. The zero-order valence-electron chi connectivity index (χ0n) is 18.1. The first-order valence-corrected chi connectivity index (χ1v) is 10.0. The summed E-state index contributed by atoms with van der Waals surface area (Å²) in [6.45, 7) is 4.14. The van der Waals surface area contributed by atoms with Crippen LogP contribution in [0.1, 0.15) is 27.2 Å². The monoisotopic (exact) mass is 429 g/mol. The summed E-state index contributed by atoms with van der Waals surface area (Å²) in [5.41, 5.74) is 3.07. The van der Waals surface area contributed by atoms with Gasteiger partial charge in [-0.15, -0.1) is 0 Å². The largest absolute Gasteiger partial charge is 0.481 e. The maximum absolute atomic E-state index is 12.8. The lowest BCUT2D eigenvalue weighted by Crippen LogP contribution is -2.23. The summed E-state index contributed by atoms with van der Waals surface area (Å²) < 4.78 is 13.0. The van der Waals surface area contributed by atoms with Crippen LogP contribution in [0.25, 0.3) is 5.82 Å². The van der Waals surface area contributed by atoms with Crippen molar-refractivity contribution in [3.63, 3.8) is 0 Å². The van der Waals surface area contributed by atoms with Gasteiger partial charge in [-0.05, 0) is 37.6 Å². The number of methoxy groups -OCH3 is 1. The number of amides is 1. The molecule has 4 aromatic rings. The van der Waals surface area contributed by atoms with Gasteiger partial charge in [-0.1, -0.05) is 12.1 Å². The molecule has 4 rings (SSSR count). The molecule has 1 N–H and O–H groups in total. The summed E-state index contributed by atoms with van der Waals surface area (Å²) in [5.74, 6) is 2.26. The molecule has 0 saturated heterocycles. The summed E-state index contributed by atoms with van der Waals surface area (Å²) >= 11 is 0. The van der Waals surface area contributed by atoms with Crippen molar-refractivity contribution in [2.45, 2.75) is 20.4 Å². The van der Waals surface area contributed by atoms with Crippen molar-refractivity contribution in [3.8, 4) is 23.2 Å². The van der Waals surface area contributed by atoms with E-state index in [0.717, 1.165) is 16.8 Å². The van der Waals surface area contributed by atoms with E-state index in [9.17, 15) is 4.79 Å². The van der Waals surface area contributed by atoms with E-state index in [4.69, 9.17) is 9.47 Å². The summed E-state index contributed by atoms with van der Waals surface area (Å²) in [4.78, 5) is 25.5. The van der Waals surface area contributed by atoms with Crippen LogP contribution in [-0.4, -0.2) is 32.5 Å². The number of carbonyl (C=O) groups excluding carboxylic acids is 1. The maximum atomic E-state index is 12.8. The molecule has 0 saturated carbocycles. The minimum Gasteiger partial charge on any atom is -0.481 e. The van der Waals surface area contributed by atoms with Crippen molar-refractivity contribution in [3.05, 3.63) is 89.8 Å². The molecule has 3 aromatic heterocycles. The van der Waals surface area contributed by atoms with Crippen molar-refractivity contribution >= 4 is 5.91 Å². The molecule has 1 amide bonds. The van der Waals surface area contributed by atoms with E-state index >= 15 is 0 Å². The van der Waals surface area contributed by atoms with Crippen LogP contribution in [0.2, 0.25) is 0 Å². The Bertz CT molecular complexity index is 1230. The third-order valence-electron chi connectivity index (χ3n) is 4.91. The number of nitrogens with zero attached hydrogens (tertiary/aromatic N) is 4. The highest BCUT2D eigenvalue weighted by molar-refractivity contribution is 5.96.